The lowest BCUT2D eigenvalue weighted by Crippen LogP contribution is -2.28. The first-order valence-corrected chi connectivity index (χ1v) is 5.56. The zero-order valence-electron chi connectivity index (χ0n) is 9.68. The van der Waals surface area contributed by atoms with Gasteiger partial charge in [-0.15, -0.1) is 0 Å². The van der Waals surface area contributed by atoms with E-state index in [0.29, 0.717) is 11.3 Å². The van der Waals surface area contributed by atoms with Crippen LogP contribution in [0.4, 0.5) is 0 Å². The maximum absolute atomic E-state index is 11.9. The number of pyridine rings is 1. The summed E-state index contributed by atoms with van der Waals surface area (Å²) in [6.45, 7) is 1.58. The van der Waals surface area contributed by atoms with Crippen LogP contribution in [0.1, 0.15) is 33.7 Å². The molecule has 0 bridgehead atoms. The zero-order chi connectivity index (χ0) is 12.3. The van der Waals surface area contributed by atoms with Gasteiger partial charge in [-0.1, -0.05) is 0 Å². The lowest BCUT2D eigenvalue weighted by molar-refractivity contribution is 0.0599. The number of carbonyl (C=O) groups is 2. The van der Waals surface area contributed by atoms with E-state index >= 15 is 0 Å². The van der Waals surface area contributed by atoms with E-state index in [1.54, 1.807) is 17.0 Å². The molecule has 0 N–H and O–H groups in total. The molecular weight excluding hydrogens is 220 g/mol. The lowest BCUT2D eigenvalue weighted by atomic mass is 10.2. The van der Waals surface area contributed by atoms with Crippen molar-refractivity contribution in [3.05, 3.63) is 29.6 Å². The SMILES string of the molecule is COC(=O)c1ccc(C(=O)N2CCCC2)nc1. The van der Waals surface area contributed by atoms with Gasteiger partial charge in [0.2, 0.25) is 0 Å². The van der Waals surface area contributed by atoms with Crippen LogP contribution in [0.25, 0.3) is 0 Å². The molecule has 0 atom stereocenters. The molecule has 0 radical (unpaired) electrons. The van der Waals surface area contributed by atoms with E-state index in [1.165, 1.54) is 13.3 Å². The summed E-state index contributed by atoms with van der Waals surface area (Å²) in [6.07, 6.45) is 3.47. The molecular formula is C12H14N2O3. The van der Waals surface area contributed by atoms with Gasteiger partial charge in [0, 0.05) is 19.3 Å². The molecule has 0 unspecified atom stereocenters. The Balaban J connectivity index is 2.11. The molecule has 1 aliphatic rings. The summed E-state index contributed by atoms with van der Waals surface area (Å²) < 4.78 is 4.56. The first-order valence-electron chi connectivity index (χ1n) is 5.56. The largest absolute Gasteiger partial charge is 0.465 e. The summed E-state index contributed by atoms with van der Waals surface area (Å²) in [6, 6.07) is 3.12. The smallest absolute Gasteiger partial charge is 0.339 e. The number of hydrogen-bond donors (Lipinski definition) is 0. The van der Waals surface area contributed by atoms with E-state index in [2.05, 4.69) is 9.72 Å². The zero-order valence-corrected chi connectivity index (χ0v) is 9.68. The normalized spacial score (nSPS) is 14.8. The highest BCUT2D eigenvalue weighted by Crippen LogP contribution is 2.12. The number of aromatic nitrogens is 1. The van der Waals surface area contributed by atoms with Crippen molar-refractivity contribution in [1.82, 2.24) is 9.88 Å². The third-order valence-corrected chi connectivity index (χ3v) is 2.80. The van der Waals surface area contributed by atoms with Gasteiger partial charge < -0.3 is 9.64 Å². The minimum absolute atomic E-state index is 0.0704. The fraction of sp³-hybridized carbons (Fsp3) is 0.417. The Morgan fingerprint density at radius 3 is 2.53 bits per heavy atom. The average molecular weight is 234 g/mol. The summed E-state index contributed by atoms with van der Waals surface area (Å²) >= 11 is 0. The van der Waals surface area contributed by atoms with Crippen molar-refractivity contribution in [3.63, 3.8) is 0 Å². The molecule has 1 fully saturated rings. The second-order valence-electron chi connectivity index (χ2n) is 3.92. The first-order chi connectivity index (χ1) is 8.22. The van der Waals surface area contributed by atoms with Crippen molar-refractivity contribution in [2.24, 2.45) is 0 Å². The van der Waals surface area contributed by atoms with Crippen molar-refractivity contribution >= 4 is 11.9 Å². The summed E-state index contributed by atoms with van der Waals surface area (Å²) in [4.78, 5) is 28.9. The van der Waals surface area contributed by atoms with Crippen LogP contribution in [0.3, 0.4) is 0 Å². The highest BCUT2D eigenvalue weighted by molar-refractivity contribution is 5.94. The Labute approximate surface area is 99.4 Å². The number of esters is 1. The molecule has 1 saturated heterocycles. The molecule has 1 aliphatic heterocycles. The van der Waals surface area contributed by atoms with Crippen LogP contribution in [0.5, 0.6) is 0 Å². The molecule has 1 amide bonds. The van der Waals surface area contributed by atoms with Crippen molar-refractivity contribution in [2.45, 2.75) is 12.8 Å². The van der Waals surface area contributed by atoms with Crippen molar-refractivity contribution in [2.75, 3.05) is 20.2 Å². The minimum Gasteiger partial charge on any atom is -0.465 e. The highest BCUT2D eigenvalue weighted by atomic mass is 16.5. The van der Waals surface area contributed by atoms with Gasteiger partial charge in [0.25, 0.3) is 5.91 Å². The Hall–Kier alpha value is -1.91. The molecule has 1 aromatic heterocycles. The van der Waals surface area contributed by atoms with Crippen LogP contribution in [0.2, 0.25) is 0 Å². The number of hydrogen-bond acceptors (Lipinski definition) is 4. The Kier molecular flexibility index (Phi) is 3.37. The molecule has 2 heterocycles. The highest BCUT2D eigenvalue weighted by Gasteiger charge is 2.20. The molecule has 0 aliphatic carbocycles. The van der Waals surface area contributed by atoms with E-state index in [1.807, 2.05) is 0 Å². The predicted molar refractivity (Wildman–Crippen MR) is 60.7 cm³/mol. The lowest BCUT2D eigenvalue weighted by Gasteiger charge is -2.14. The number of carbonyl (C=O) groups excluding carboxylic acids is 2. The number of rotatable bonds is 2. The van der Waals surface area contributed by atoms with Crippen LogP contribution < -0.4 is 0 Å². The van der Waals surface area contributed by atoms with Gasteiger partial charge in [0.05, 0.1) is 12.7 Å². The van der Waals surface area contributed by atoms with Crippen molar-refractivity contribution < 1.29 is 14.3 Å². The molecule has 5 heteroatoms. The standard InChI is InChI=1S/C12H14N2O3/c1-17-12(16)9-4-5-10(13-8-9)11(15)14-6-2-3-7-14/h4-5,8H,2-3,6-7H2,1H3. The monoisotopic (exact) mass is 234 g/mol. The van der Waals surface area contributed by atoms with Gasteiger partial charge in [-0.25, -0.2) is 4.79 Å². The van der Waals surface area contributed by atoms with Gasteiger partial charge in [-0.2, -0.15) is 0 Å². The van der Waals surface area contributed by atoms with Gasteiger partial charge in [0.1, 0.15) is 5.69 Å². The van der Waals surface area contributed by atoms with Crippen LogP contribution in [-0.4, -0.2) is 42.0 Å². The van der Waals surface area contributed by atoms with Crippen molar-refractivity contribution in [3.8, 4) is 0 Å². The third-order valence-electron chi connectivity index (χ3n) is 2.80. The second-order valence-corrected chi connectivity index (χ2v) is 3.92. The molecule has 90 valence electrons. The third kappa shape index (κ3) is 2.43. The van der Waals surface area contributed by atoms with E-state index < -0.39 is 5.97 Å². The molecule has 0 spiro atoms. The number of amides is 1. The maximum atomic E-state index is 11.9. The molecule has 0 saturated carbocycles. The molecule has 1 aromatic rings. The van der Waals surface area contributed by atoms with Crippen LogP contribution in [-0.2, 0) is 4.74 Å². The van der Waals surface area contributed by atoms with Crippen LogP contribution >= 0.6 is 0 Å². The van der Waals surface area contributed by atoms with Crippen LogP contribution in [0.15, 0.2) is 18.3 Å². The number of methoxy groups -OCH3 is 1. The van der Waals surface area contributed by atoms with E-state index in [0.717, 1.165) is 25.9 Å². The molecule has 5 nitrogen and oxygen atoms in total. The van der Waals surface area contributed by atoms with E-state index in [4.69, 9.17) is 0 Å². The number of ether oxygens (including phenoxy) is 1. The van der Waals surface area contributed by atoms with Gasteiger partial charge in [0.15, 0.2) is 0 Å². The first kappa shape index (κ1) is 11.6. The van der Waals surface area contributed by atoms with Crippen molar-refractivity contribution in [1.29, 1.82) is 0 Å². The topological polar surface area (TPSA) is 59.5 Å². The Morgan fingerprint density at radius 2 is 2.00 bits per heavy atom. The Morgan fingerprint density at radius 1 is 1.29 bits per heavy atom. The maximum Gasteiger partial charge on any atom is 0.339 e. The predicted octanol–water partition coefficient (Wildman–Crippen LogP) is 1.10. The summed E-state index contributed by atoms with van der Waals surface area (Å²) in [5.41, 5.74) is 0.727. The second kappa shape index (κ2) is 4.95. The fourth-order valence-corrected chi connectivity index (χ4v) is 1.84. The summed E-state index contributed by atoms with van der Waals surface area (Å²) in [5.74, 6) is -0.517. The van der Waals surface area contributed by atoms with Crippen LogP contribution in [0, 0.1) is 0 Å². The Bertz CT molecular complexity index is 422. The minimum atomic E-state index is -0.447. The van der Waals surface area contributed by atoms with Gasteiger partial charge >= 0.3 is 5.97 Å². The quantitative estimate of drug-likeness (QED) is 0.719. The number of nitrogens with zero attached hydrogens (tertiary/aromatic N) is 2. The fourth-order valence-electron chi connectivity index (χ4n) is 1.84. The average Bonchev–Trinajstić information content (AvgIpc) is 2.91. The van der Waals surface area contributed by atoms with Gasteiger partial charge in [-0.05, 0) is 25.0 Å². The van der Waals surface area contributed by atoms with E-state index in [-0.39, 0.29) is 5.91 Å². The summed E-state index contributed by atoms with van der Waals surface area (Å²) in [7, 11) is 1.31. The molecule has 17 heavy (non-hydrogen) atoms. The molecule has 0 aromatic carbocycles. The van der Waals surface area contributed by atoms with E-state index in [9.17, 15) is 9.59 Å². The summed E-state index contributed by atoms with van der Waals surface area (Å²) in [5, 5.41) is 0. The number of likely N-dealkylation sites (tertiary alicyclic amines) is 1. The van der Waals surface area contributed by atoms with Gasteiger partial charge in [-0.3, -0.25) is 9.78 Å². The molecule has 2 rings (SSSR count).